The van der Waals surface area contributed by atoms with E-state index in [1.165, 1.54) is 4.90 Å². The first-order valence-electron chi connectivity index (χ1n) is 6.53. The SMILES string of the molecule is COC(=O)C[C@H](NC(=O)N(CCC#N)CC(C)C)C(=O)O. The number of rotatable bonds is 8. The topological polar surface area (TPSA) is 120 Å². The molecular formula is C13H21N3O5. The highest BCUT2D eigenvalue weighted by molar-refractivity contribution is 5.86. The van der Waals surface area contributed by atoms with Crippen molar-refractivity contribution in [3.05, 3.63) is 0 Å². The molecular weight excluding hydrogens is 278 g/mol. The summed E-state index contributed by atoms with van der Waals surface area (Å²) in [6.45, 7) is 4.38. The lowest BCUT2D eigenvalue weighted by Crippen LogP contribution is -2.49. The van der Waals surface area contributed by atoms with Crippen LogP contribution in [0.1, 0.15) is 26.7 Å². The van der Waals surface area contributed by atoms with Crippen LogP contribution < -0.4 is 5.32 Å². The normalized spacial score (nSPS) is 11.4. The Balaban J connectivity index is 4.77. The molecule has 0 rings (SSSR count). The summed E-state index contributed by atoms with van der Waals surface area (Å²) in [5.74, 6) is -1.88. The molecule has 8 heteroatoms. The van der Waals surface area contributed by atoms with E-state index in [9.17, 15) is 14.4 Å². The van der Waals surface area contributed by atoms with Crippen LogP contribution in [0, 0.1) is 17.2 Å². The molecule has 8 nitrogen and oxygen atoms in total. The molecule has 0 aliphatic rings. The van der Waals surface area contributed by atoms with Gasteiger partial charge in [0, 0.05) is 13.1 Å². The monoisotopic (exact) mass is 299 g/mol. The number of aliphatic carboxylic acids is 1. The van der Waals surface area contributed by atoms with E-state index in [1.54, 1.807) is 0 Å². The second-order valence-electron chi connectivity index (χ2n) is 4.87. The zero-order valence-electron chi connectivity index (χ0n) is 12.5. The van der Waals surface area contributed by atoms with Crippen molar-refractivity contribution in [2.24, 2.45) is 5.92 Å². The smallest absolute Gasteiger partial charge is 0.326 e. The summed E-state index contributed by atoms with van der Waals surface area (Å²) in [6.07, 6.45) is -0.305. The molecule has 0 radical (unpaired) electrons. The molecule has 21 heavy (non-hydrogen) atoms. The standard InChI is InChI=1S/C13H21N3O5/c1-9(2)8-16(6-4-5-14)13(20)15-10(12(18)19)7-11(17)21-3/h9-10H,4,6-8H2,1-3H3,(H,15,20)(H,18,19)/t10-/m0/s1. The Morgan fingerprint density at radius 2 is 2.00 bits per heavy atom. The second kappa shape index (κ2) is 9.58. The van der Waals surface area contributed by atoms with Crippen molar-refractivity contribution in [1.82, 2.24) is 10.2 Å². The molecule has 0 spiro atoms. The molecule has 2 amide bonds. The third-order valence-electron chi connectivity index (χ3n) is 2.56. The lowest BCUT2D eigenvalue weighted by atomic mass is 10.2. The number of nitrogens with one attached hydrogen (secondary N) is 1. The maximum absolute atomic E-state index is 12.1. The van der Waals surface area contributed by atoms with Crippen LogP contribution in [0.5, 0.6) is 0 Å². The number of carbonyl (C=O) groups is 3. The van der Waals surface area contributed by atoms with Gasteiger partial charge in [-0.05, 0) is 5.92 Å². The van der Waals surface area contributed by atoms with Crippen LogP contribution in [-0.2, 0) is 14.3 Å². The number of hydrogen-bond donors (Lipinski definition) is 2. The van der Waals surface area contributed by atoms with Gasteiger partial charge < -0.3 is 20.1 Å². The summed E-state index contributed by atoms with van der Waals surface area (Å²) >= 11 is 0. The van der Waals surface area contributed by atoms with Crippen LogP contribution in [0.3, 0.4) is 0 Å². The molecule has 0 aromatic heterocycles. The molecule has 2 N–H and O–H groups in total. The fraction of sp³-hybridized carbons (Fsp3) is 0.692. The van der Waals surface area contributed by atoms with Gasteiger partial charge in [-0.2, -0.15) is 5.26 Å². The highest BCUT2D eigenvalue weighted by Crippen LogP contribution is 2.03. The van der Waals surface area contributed by atoms with Gasteiger partial charge in [-0.15, -0.1) is 0 Å². The number of carboxylic acid groups (broad SMARTS) is 1. The Hall–Kier alpha value is -2.30. The van der Waals surface area contributed by atoms with E-state index in [0.29, 0.717) is 6.54 Å². The van der Waals surface area contributed by atoms with E-state index in [4.69, 9.17) is 10.4 Å². The molecule has 118 valence electrons. The molecule has 0 aromatic rings. The Kier molecular flexibility index (Phi) is 8.53. The van der Waals surface area contributed by atoms with Crippen molar-refractivity contribution < 1.29 is 24.2 Å². The third-order valence-corrected chi connectivity index (χ3v) is 2.56. The van der Waals surface area contributed by atoms with Crippen LogP contribution in [0.2, 0.25) is 0 Å². The minimum Gasteiger partial charge on any atom is -0.480 e. The van der Waals surface area contributed by atoms with Crippen LogP contribution in [-0.4, -0.2) is 54.2 Å². The van der Waals surface area contributed by atoms with E-state index in [0.717, 1.165) is 7.11 Å². The van der Waals surface area contributed by atoms with E-state index in [2.05, 4.69) is 10.1 Å². The van der Waals surface area contributed by atoms with Gasteiger partial charge in [0.1, 0.15) is 6.04 Å². The number of methoxy groups -OCH3 is 1. The second-order valence-corrected chi connectivity index (χ2v) is 4.87. The average molecular weight is 299 g/mol. The number of carboxylic acids is 1. The first-order chi connectivity index (χ1) is 9.81. The fourth-order valence-corrected chi connectivity index (χ4v) is 1.59. The number of nitrogens with zero attached hydrogens (tertiary/aromatic N) is 2. The lowest BCUT2D eigenvalue weighted by Gasteiger charge is -2.25. The van der Waals surface area contributed by atoms with Gasteiger partial charge in [0.25, 0.3) is 0 Å². The van der Waals surface area contributed by atoms with Crippen molar-refractivity contribution in [2.45, 2.75) is 32.7 Å². The quantitative estimate of drug-likeness (QED) is 0.633. The van der Waals surface area contributed by atoms with Crippen LogP contribution in [0.4, 0.5) is 4.79 Å². The van der Waals surface area contributed by atoms with Crippen LogP contribution >= 0.6 is 0 Å². The van der Waals surface area contributed by atoms with Gasteiger partial charge in [0.05, 0.1) is 26.0 Å². The molecule has 0 aliphatic heterocycles. The summed E-state index contributed by atoms with van der Waals surface area (Å²) in [4.78, 5) is 35.6. The van der Waals surface area contributed by atoms with E-state index < -0.39 is 30.4 Å². The number of amides is 2. The predicted molar refractivity (Wildman–Crippen MR) is 73.2 cm³/mol. The molecule has 0 saturated heterocycles. The molecule has 0 heterocycles. The van der Waals surface area contributed by atoms with E-state index in [-0.39, 0.29) is 18.9 Å². The van der Waals surface area contributed by atoms with Crippen LogP contribution in [0.15, 0.2) is 0 Å². The first-order valence-corrected chi connectivity index (χ1v) is 6.53. The summed E-state index contributed by atoms with van der Waals surface area (Å²) in [7, 11) is 1.14. The molecule has 0 fully saturated rings. The van der Waals surface area contributed by atoms with Crippen molar-refractivity contribution >= 4 is 18.0 Å². The highest BCUT2D eigenvalue weighted by Gasteiger charge is 2.26. The largest absolute Gasteiger partial charge is 0.480 e. The Morgan fingerprint density at radius 3 is 2.43 bits per heavy atom. The van der Waals surface area contributed by atoms with Gasteiger partial charge >= 0.3 is 18.0 Å². The van der Waals surface area contributed by atoms with E-state index in [1.807, 2.05) is 19.9 Å². The molecule has 0 aliphatic carbocycles. The maximum atomic E-state index is 12.1. The highest BCUT2D eigenvalue weighted by atomic mass is 16.5. The third kappa shape index (κ3) is 7.77. The van der Waals surface area contributed by atoms with Gasteiger partial charge in [-0.25, -0.2) is 9.59 Å². The van der Waals surface area contributed by atoms with Gasteiger partial charge in [0.2, 0.25) is 0 Å². The van der Waals surface area contributed by atoms with Crippen molar-refractivity contribution in [1.29, 1.82) is 5.26 Å². The number of carbonyl (C=O) groups excluding carboxylic acids is 2. The van der Waals surface area contributed by atoms with Gasteiger partial charge in [0.15, 0.2) is 0 Å². The Labute approximate surface area is 123 Å². The number of esters is 1. The van der Waals surface area contributed by atoms with Crippen molar-refractivity contribution in [3.8, 4) is 6.07 Å². The molecule has 0 unspecified atom stereocenters. The minimum atomic E-state index is -1.36. The number of ether oxygens (including phenoxy) is 1. The maximum Gasteiger partial charge on any atom is 0.326 e. The van der Waals surface area contributed by atoms with Gasteiger partial charge in [-0.1, -0.05) is 13.8 Å². The van der Waals surface area contributed by atoms with Crippen LogP contribution in [0.25, 0.3) is 0 Å². The van der Waals surface area contributed by atoms with E-state index >= 15 is 0 Å². The summed E-state index contributed by atoms with van der Waals surface area (Å²) in [5.41, 5.74) is 0. The molecule has 1 atom stereocenters. The van der Waals surface area contributed by atoms with Gasteiger partial charge in [-0.3, -0.25) is 4.79 Å². The van der Waals surface area contributed by atoms with Crippen molar-refractivity contribution in [2.75, 3.05) is 20.2 Å². The fourth-order valence-electron chi connectivity index (χ4n) is 1.59. The predicted octanol–water partition coefficient (Wildman–Crippen LogP) is 0.584. The summed E-state index contributed by atoms with van der Waals surface area (Å²) in [6, 6.07) is -0.0434. The zero-order chi connectivity index (χ0) is 16.4. The Bertz CT molecular complexity index is 417. The number of urea groups is 1. The first kappa shape index (κ1) is 18.7. The Morgan fingerprint density at radius 1 is 1.38 bits per heavy atom. The lowest BCUT2D eigenvalue weighted by molar-refractivity contribution is -0.147. The molecule has 0 saturated carbocycles. The minimum absolute atomic E-state index is 0.148. The number of nitriles is 1. The molecule has 0 aromatic carbocycles. The average Bonchev–Trinajstić information content (AvgIpc) is 2.41. The van der Waals surface area contributed by atoms with Crippen molar-refractivity contribution in [3.63, 3.8) is 0 Å². The summed E-state index contributed by atoms with van der Waals surface area (Å²) < 4.78 is 4.39. The zero-order valence-corrected chi connectivity index (χ0v) is 12.5. The molecule has 0 bridgehead atoms. The summed E-state index contributed by atoms with van der Waals surface area (Å²) in [5, 5.41) is 19.9. The number of hydrogen-bond acceptors (Lipinski definition) is 5.